The molecule has 0 saturated carbocycles. The van der Waals surface area contributed by atoms with Crippen molar-refractivity contribution in [2.45, 2.75) is 37.1 Å². The summed E-state index contributed by atoms with van der Waals surface area (Å²) in [6.45, 7) is 1.78. The van der Waals surface area contributed by atoms with Gasteiger partial charge in [0.25, 0.3) is 0 Å². The summed E-state index contributed by atoms with van der Waals surface area (Å²) in [5.41, 5.74) is 0. The van der Waals surface area contributed by atoms with Gasteiger partial charge in [-0.25, -0.2) is 8.42 Å². The van der Waals surface area contributed by atoms with E-state index in [0.717, 1.165) is 0 Å². The molecule has 0 aliphatic carbocycles. The Morgan fingerprint density at radius 1 is 1.15 bits per heavy atom. The second kappa shape index (κ2) is 6.80. The van der Waals surface area contributed by atoms with E-state index in [0.29, 0.717) is 6.67 Å². The van der Waals surface area contributed by atoms with Crippen LogP contribution in [0.3, 0.4) is 0 Å². The van der Waals surface area contributed by atoms with Gasteiger partial charge in [-0.2, -0.15) is 13.2 Å². The van der Waals surface area contributed by atoms with Gasteiger partial charge in [0.1, 0.15) is 6.17 Å². The molecule has 3 heterocycles. The molecule has 0 radical (unpaired) electrons. The monoisotopic (exact) mass is 392 g/mol. The van der Waals surface area contributed by atoms with E-state index in [1.54, 1.807) is 58.3 Å². The third-order valence-corrected chi connectivity index (χ3v) is 7.23. The van der Waals surface area contributed by atoms with Gasteiger partial charge in [-0.15, -0.1) is 0 Å². The standard InChI is InChI=1S/C16H23F3N4O2S/c1-3-26(24,25)13-10-12(16(17,18)19)14(23-9-8-21(2)11-23)20-15(13)22-6-4-5-7-22/h4-9,12-15,20H,3,10-11H2,1-2H3. The van der Waals surface area contributed by atoms with Crippen molar-refractivity contribution < 1.29 is 21.6 Å². The van der Waals surface area contributed by atoms with E-state index in [1.807, 2.05) is 0 Å². The van der Waals surface area contributed by atoms with E-state index in [4.69, 9.17) is 0 Å². The number of rotatable bonds is 4. The summed E-state index contributed by atoms with van der Waals surface area (Å²) in [6.07, 6.45) is -0.0967. The Kier molecular flexibility index (Phi) is 5.00. The van der Waals surface area contributed by atoms with Crippen molar-refractivity contribution in [1.29, 1.82) is 0 Å². The number of halogens is 3. The lowest BCUT2D eigenvalue weighted by Gasteiger charge is -2.46. The second-order valence-corrected chi connectivity index (χ2v) is 9.28. The van der Waals surface area contributed by atoms with Crippen LogP contribution in [0.4, 0.5) is 13.2 Å². The van der Waals surface area contributed by atoms with Crippen LogP contribution in [-0.4, -0.2) is 59.8 Å². The molecule has 2 aliphatic heterocycles. The fourth-order valence-electron chi connectivity index (χ4n) is 3.65. The van der Waals surface area contributed by atoms with Crippen LogP contribution < -0.4 is 5.32 Å². The first-order valence-corrected chi connectivity index (χ1v) is 10.2. The predicted octanol–water partition coefficient (Wildman–Crippen LogP) is 1.96. The molecule has 0 spiro atoms. The van der Waals surface area contributed by atoms with Crippen molar-refractivity contribution in [1.82, 2.24) is 19.7 Å². The first-order valence-electron chi connectivity index (χ1n) is 8.44. The van der Waals surface area contributed by atoms with Crippen molar-refractivity contribution >= 4 is 9.84 Å². The molecule has 0 aromatic carbocycles. The maximum Gasteiger partial charge on any atom is 0.395 e. The summed E-state index contributed by atoms with van der Waals surface area (Å²) < 4.78 is 68.1. The maximum absolute atomic E-state index is 13.8. The van der Waals surface area contributed by atoms with Crippen LogP contribution in [-0.2, 0) is 9.84 Å². The van der Waals surface area contributed by atoms with Gasteiger partial charge >= 0.3 is 6.18 Å². The molecule has 1 N–H and O–H groups in total. The first-order chi connectivity index (χ1) is 12.1. The molecule has 1 fully saturated rings. The van der Waals surface area contributed by atoms with Crippen LogP contribution in [0, 0.1) is 5.92 Å². The Morgan fingerprint density at radius 2 is 1.81 bits per heavy atom. The molecule has 6 nitrogen and oxygen atoms in total. The van der Waals surface area contributed by atoms with E-state index in [1.165, 1.54) is 6.92 Å². The summed E-state index contributed by atoms with van der Waals surface area (Å²) in [5.74, 6) is -1.98. The normalized spacial score (nSPS) is 30.2. The zero-order chi connectivity index (χ0) is 19.1. The zero-order valence-corrected chi connectivity index (χ0v) is 15.4. The summed E-state index contributed by atoms with van der Waals surface area (Å²) in [5, 5.41) is 1.83. The van der Waals surface area contributed by atoms with E-state index in [9.17, 15) is 21.6 Å². The number of aromatic nitrogens is 1. The van der Waals surface area contributed by atoms with Crippen LogP contribution in [0.25, 0.3) is 0 Å². The first kappa shape index (κ1) is 19.1. The highest BCUT2D eigenvalue weighted by Gasteiger charge is 2.54. The minimum absolute atomic E-state index is 0.196. The molecule has 0 bridgehead atoms. The van der Waals surface area contributed by atoms with Crippen molar-refractivity contribution in [3.63, 3.8) is 0 Å². The van der Waals surface area contributed by atoms with Gasteiger partial charge < -0.3 is 14.4 Å². The molecule has 146 valence electrons. The second-order valence-electron chi connectivity index (χ2n) is 6.77. The number of alkyl halides is 3. The highest BCUT2D eigenvalue weighted by Crippen LogP contribution is 2.41. The molecule has 10 heteroatoms. The van der Waals surface area contributed by atoms with Crippen LogP contribution in [0.2, 0.25) is 0 Å². The molecular formula is C16H23F3N4O2S. The summed E-state index contributed by atoms with van der Waals surface area (Å²) in [4.78, 5) is 3.35. The SMILES string of the molecule is CCS(=O)(=O)C1CC(C(F)(F)F)C(N2C=CN(C)C2)NC1n1cccc1. The highest BCUT2D eigenvalue weighted by molar-refractivity contribution is 7.92. The Morgan fingerprint density at radius 3 is 2.31 bits per heavy atom. The number of nitrogens with zero attached hydrogens (tertiary/aromatic N) is 3. The lowest BCUT2D eigenvalue weighted by Crippen LogP contribution is -2.62. The average Bonchev–Trinajstić information content (AvgIpc) is 3.24. The van der Waals surface area contributed by atoms with Crippen molar-refractivity contribution in [3.8, 4) is 0 Å². The van der Waals surface area contributed by atoms with Crippen molar-refractivity contribution in [2.24, 2.45) is 5.92 Å². The number of piperidine rings is 1. The number of nitrogens with one attached hydrogen (secondary N) is 1. The van der Waals surface area contributed by atoms with Crippen molar-refractivity contribution in [3.05, 3.63) is 36.9 Å². The molecule has 0 amide bonds. The lowest BCUT2D eigenvalue weighted by atomic mass is 9.92. The molecule has 2 aliphatic rings. The Bertz CT molecular complexity index is 748. The summed E-state index contributed by atoms with van der Waals surface area (Å²) in [7, 11) is -1.90. The average molecular weight is 392 g/mol. The Labute approximate surface area is 151 Å². The van der Waals surface area contributed by atoms with E-state index < -0.39 is 45.9 Å². The smallest absolute Gasteiger partial charge is 0.362 e. The number of sulfone groups is 1. The maximum atomic E-state index is 13.8. The number of hydrogen-bond donors (Lipinski definition) is 1. The van der Waals surface area contributed by atoms with Gasteiger partial charge in [0, 0.05) is 37.6 Å². The zero-order valence-electron chi connectivity index (χ0n) is 14.6. The molecular weight excluding hydrogens is 369 g/mol. The van der Waals surface area contributed by atoms with Crippen LogP contribution in [0.5, 0.6) is 0 Å². The molecule has 4 unspecified atom stereocenters. The van der Waals surface area contributed by atoms with Crippen LogP contribution in [0.15, 0.2) is 36.9 Å². The molecule has 1 aromatic heterocycles. The molecule has 1 aromatic rings. The third-order valence-electron chi connectivity index (χ3n) is 5.05. The van der Waals surface area contributed by atoms with Gasteiger partial charge in [0.05, 0.1) is 24.0 Å². The predicted molar refractivity (Wildman–Crippen MR) is 91.4 cm³/mol. The minimum atomic E-state index is -4.50. The summed E-state index contributed by atoms with van der Waals surface area (Å²) in [6, 6.07) is 3.46. The van der Waals surface area contributed by atoms with Crippen LogP contribution >= 0.6 is 0 Å². The van der Waals surface area contributed by atoms with E-state index in [2.05, 4.69) is 5.32 Å². The Hall–Kier alpha value is -1.68. The Balaban J connectivity index is 2.00. The lowest BCUT2D eigenvalue weighted by molar-refractivity contribution is -0.203. The third kappa shape index (κ3) is 3.57. The largest absolute Gasteiger partial charge is 0.395 e. The van der Waals surface area contributed by atoms with Gasteiger partial charge in [-0.1, -0.05) is 6.92 Å². The van der Waals surface area contributed by atoms with Gasteiger partial charge in [0.15, 0.2) is 9.84 Å². The molecule has 26 heavy (non-hydrogen) atoms. The molecule has 4 atom stereocenters. The molecule has 3 rings (SSSR count). The minimum Gasteiger partial charge on any atom is -0.362 e. The van der Waals surface area contributed by atoms with E-state index >= 15 is 0 Å². The van der Waals surface area contributed by atoms with Crippen molar-refractivity contribution in [2.75, 3.05) is 19.5 Å². The van der Waals surface area contributed by atoms with Gasteiger partial charge in [-0.3, -0.25) is 5.32 Å². The quantitative estimate of drug-likeness (QED) is 0.849. The van der Waals surface area contributed by atoms with E-state index in [-0.39, 0.29) is 5.75 Å². The fraction of sp³-hybridized carbons (Fsp3) is 0.625. The van der Waals surface area contributed by atoms with Gasteiger partial charge in [0.2, 0.25) is 0 Å². The molecule has 1 saturated heterocycles. The van der Waals surface area contributed by atoms with Gasteiger partial charge in [-0.05, 0) is 18.6 Å². The van der Waals surface area contributed by atoms with Crippen LogP contribution in [0.1, 0.15) is 19.5 Å². The number of hydrogen-bond acceptors (Lipinski definition) is 5. The fourth-order valence-corrected chi connectivity index (χ4v) is 5.19. The summed E-state index contributed by atoms with van der Waals surface area (Å²) >= 11 is 0. The highest BCUT2D eigenvalue weighted by atomic mass is 32.2. The topological polar surface area (TPSA) is 57.6 Å².